The molecule has 0 spiro atoms. The molecule has 0 amide bonds. The molecule has 0 fully saturated rings. The van der Waals surface area contributed by atoms with Crippen LogP contribution in [-0.4, -0.2) is 24.4 Å². The van der Waals surface area contributed by atoms with Crippen molar-refractivity contribution in [3.05, 3.63) is 71.3 Å². The highest BCUT2D eigenvalue weighted by molar-refractivity contribution is 5.24. The Bertz CT molecular complexity index is 597. The van der Waals surface area contributed by atoms with Crippen LogP contribution in [-0.2, 0) is 4.74 Å². The molecule has 3 nitrogen and oxygen atoms in total. The van der Waals surface area contributed by atoms with E-state index in [0.717, 1.165) is 18.4 Å². The van der Waals surface area contributed by atoms with Gasteiger partial charge in [-0.15, -0.1) is 0 Å². The number of aliphatic hydroxyl groups excluding tert-OH is 1. The van der Waals surface area contributed by atoms with Gasteiger partial charge in [0.1, 0.15) is 0 Å². The molecular formula is C22H31NO2. The van der Waals surface area contributed by atoms with Gasteiger partial charge in [-0.1, -0.05) is 74.0 Å². The molecule has 0 saturated heterocycles. The highest BCUT2D eigenvalue weighted by atomic mass is 16.5. The van der Waals surface area contributed by atoms with Crippen molar-refractivity contribution in [2.24, 2.45) is 0 Å². The molecule has 3 unspecified atom stereocenters. The maximum absolute atomic E-state index is 10.3. The summed E-state index contributed by atoms with van der Waals surface area (Å²) >= 11 is 0. The van der Waals surface area contributed by atoms with E-state index < -0.39 is 6.10 Å². The summed E-state index contributed by atoms with van der Waals surface area (Å²) in [4.78, 5) is 0. The maximum atomic E-state index is 10.3. The fourth-order valence-electron chi connectivity index (χ4n) is 2.98. The molecule has 0 aliphatic heterocycles. The highest BCUT2D eigenvalue weighted by Crippen LogP contribution is 2.21. The fraction of sp³-hybridized carbons (Fsp3) is 0.455. The molecule has 2 N–H and O–H groups in total. The highest BCUT2D eigenvalue weighted by Gasteiger charge is 2.14. The Kier molecular flexibility index (Phi) is 8.13. The van der Waals surface area contributed by atoms with E-state index in [1.807, 2.05) is 18.2 Å². The summed E-state index contributed by atoms with van der Waals surface area (Å²) in [6, 6.07) is 19.0. The molecule has 2 aromatic carbocycles. The molecule has 0 aliphatic carbocycles. The van der Waals surface area contributed by atoms with Crippen LogP contribution in [0.15, 0.2) is 54.6 Å². The number of hydrogen-bond donors (Lipinski definition) is 2. The first kappa shape index (κ1) is 19.6. The maximum Gasteiger partial charge on any atom is 0.0898 e. The number of hydrogen-bond acceptors (Lipinski definition) is 3. The van der Waals surface area contributed by atoms with Crippen LogP contribution in [0.1, 0.15) is 55.5 Å². The average molecular weight is 341 g/mol. The van der Waals surface area contributed by atoms with Gasteiger partial charge in [-0.3, -0.25) is 0 Å². The monoisotopic (exact) mass is 341 g/mol. The van der Waals surface area contributed by atoms with Crippen LogP contribution in [0.3, 0.4) is 0 Å². The van der Waals surface area contributed by atoms with Crippen LogP contribution < -0.4 is 5.32 Å². The summed E-state index contributed by atoms with van der Waals surface area (Å²) in [6.45, 7) is 7.22. The fourth-order valence-corrected chi connectivity index (χ4v) is 2.98. The first-order valence-corrected chi connectivity index (χ1v) is 9.28. The average Bonchev–Trinajstić information content (AvgIpc) is 2.65. The predicted molar refractivity (Wildman–Crippen MR) is 104 cm³/mol. The normalized spacial score (nSPS) is 14.9. The van der Waals surface area contributed by atoms with Crippen LogP contribution in [0, 0.1) is 6.92 Å². The molecule has 2 rings (SSSR count). The summed E-state index contributed by atoms with van der Waals surface area (Å²) < 4.78 is 5.94. The Morgan fingerprint density at radius 2 is 1.60 bits per heavy atom. The van der Waals surface area contributed by atoms with Crippen LogP contribution in [0.25, 0.3) is 0 Å². The van der Waals surface area contributed by atoms with E-state index in [-0.39, 0.29) is 12.1 Å². The molecule has 3 heteroatoms. The second-order valence-electron chi connectivity index (χ2n) is 6.57. The lowest BCUT2D eigenvalue weighted by Gasteiger charge is -2.22. The molecular weight excluding hydrogens is 310 g/mol. The Hall–Kier alpha value is -1.68. The van der Waals surface area contributed by atoms with Gasteiger partial charge in [0, 0.05) is 12.6 Å². The van der Waals surface area contributed by atoms with Gasteiger partial charge in [0.15, 0.2) is 0 Å². The number of nitrogens with one attached hydrogen (secondary N) is 1. The van der Waals surface area contributed by atoms with E-state index in [1.165, 1.54) is 11.1 Å². The van der Waals surface area contributed by atoms with E-state index in [4.69, 9.17) is 4.74 Å². The first-order valence-electron chi connectivity index (χ1n) is 9.28. The predicted octanol–water partition coefficient (Wildman–Crippen LogP) is 4.56. The lowest BCUT2D eigenvalue weighted by Crippen LogP contribution is -2.33. The van der Waals surface area contributed by atoms with E-state index in [2.05, 4.69) is 62.5 Å². The van der Waals surface area contributed by atoms with Crippen LogP contribution >= 0.6 is 0 Å². The summed E-state index contributed by atoms with van der Waals surface area (Å²) in [5.41, 5.74) is 3.69. The Labute approximate surface area is 152 Å². The molecule has 0 radical (unpaired) electrons. The molecule has 25 heavy (non-hydrogen) atoms. The second-order valence-corrected chi connectivity index (χ2v) is 6.57. The number of aliphatic hydroxyl groups is 1. The minimum atomic E-state index is -0.516. The lowest BCUT2D eigenvalue weighted by molar-refractivity contribution is -0.0122. The van der Waals surface area contributed by atoms with Crippen molar-refractivity contribution >= 4 is 0 Å². The zero-order chi connectivity index (χ0) is 18.1. The van der Waals surface area contributed by atoms with Gasteiger partial charge in [-0.25, -0.2) is 0 Å². The van der Waals surface area contributed by atoms with Crippen LogP contribution in [0.2, 0.25) is 0 Å². The van der Waals surface area contributed by atoms with Crippen molar-refractivity contribution in [2.75, 3.05) is 13.2 Å². The van der Waals surface area contributed by atoms with Gasteiger partial charge in [0.05, 0.1) is 18.8 Å². The quantitative estimate of drug-likeness (QED) is 0.665. The van der Waals surface area contributed by atoms with Crippen molar-refractivity contribution in [3.8, 4) is 0 Å². The number of aryl methyl sites for hydroxylation is 1. The van der Waals surface area contributed by atoms with Gasteiger partial charge in [0.2, 0.25) is 0 Å². The number of ether oxygens (including phenoxy) is 1. The number of rotatable bonds is 10. The minimum absolute atomic E-state index is 0.0370. The van der Waals surface area contributed by atoms with Gasteiger partial charge in [-0.2, -0.15) is 0 Å². The standard InChI is InChI=1S/C22H31NO2/c1-4-21(18-13-11-17(3)12-14-18)23-15-20(24)16-25-22(5-2)19-9-7-6-8-10-19/h6-14,20-24H,4-5,15-16H2,1-3H3. The van der Waals surface area contributed by atoms with E-state index in [1.54, 1.807) is 0 Å². The van der Waals surface area contributed by atoms with Crippen LogP contribution in [0.4, 0.5) is 0 Å². The van der Waals surface area contributed by atoms with Crippen molar-refractivity contribution < 1.29 is 9.84 Å². The molecule has 3 atom stereocenters. The zero-order valence-corrected chi connectivity index (χ0v) is 15.6. The van der Waals surface area contributed by atoms with E-state index >= 15 is 0 Å². The smallest absolute Gasteiger partial charge is 0.0898 e. The first-order chi connectivity index (χ1) is 12.1. The second kappa shape index (κ2) is 10.3. The minimum Gasteiger partial charge on any atom is -0.389 e. The van der Waals surface area contributed by atoms with E-state index in [9.17, 15) is 5.11 Å². The van der Waals surface area contributed by atoms with E-state index in [0.29, 0.717) is 13.2 Å². The third-order valence-corrected chi connectivity index (χ3v) is 4.52. The molecule has 0 aliphatic rings. The molecule has 136 valence electrons. The third-order valence-electron chi connectivity index (χ3n) is 4.52. The zero-order valence-electron chi connectivity index (χ0n) is 15.6. The molecule has 0 bridgehead atoms. The van der Waals surface area contributed by atoms with Gasteiger partial charge in [0.25, 0.3) is 0 Å². The molecule has 0 heterocycles. The summed E-state index contributed by atoms with van der Waals surface area (Å²) in [6.07, 6.45) is 1.40. The summed E-state index contributed by atoms with van der Waals surface area (Å²) in [7, 11) is 0. The summed E-state index contributed by atoms with van der Waals surface area (Å²) in [5, 5.41) is 13.7. The SMILES string of the molecule is CCC(NCC(O)COC(CC)c1ccccc1)c1ccc(C)cc1. The van der Waals surface area contributed by atoms with Gasteiger partial charge in [-0.05, 0) is 30.9 Å². The van der Waals surface area contributed by atoms with Crippen LogP contribution in [0.5, 0.6) is 0 Å². The van der Waals surface area contributed by atoms with Gasteiger partial charge < -0.3 is 15.2 Å². The lowest BCUT2D eigenvalue weighted by atomic mass is 10.0. The third kappa shape index (κ3) is 6.28. The topological polar surface area (TPSA) is 41.5 Å². The molecule has 2 aromatic rings. The van der Waals surface area contributed by atoms with Crippen molar-refractivity contribution in [1.29, 1.82) is 0 Å². The number of benzene rings is 2. The molecule has 0 aromatic heterocycles. The Morgan fingerprint density at radius 1 is 0.920 bits per heavy atom. The van der Waals surface area contributed by atoms with Gasteiger partial charge >= 0.3 is 0 Å². The Morgan fingerprint density at radius 3 is 2.20 bits per heavy atom. The van der Waals surface area contributed by atoms with Crippen molar-refractivity contribution in [2.45, 2.75) is 51.9 Å². The molecule has 0 saturated carbocycles. The largest absolute Gasteiger partial charge is 0.389 e. The van der Waals surface area contributed by atoms with Crippen molar-refractivity contribution in [1.82, 2.24) is 5.32 Å². The summed E-state index contributed by atoms with van der Waals surface area (Å²) in [5.74, 6) is 0. The Balaban J connectivity index is 1.80. The van der Waals surface area contributed by atoms with Crippen molar-refractivity contribution in [3.63, 3.8) is 0 Å².